The third kappa shape index (κ3) is 6.11. The third-order valence-corrected chi connectivity index (χ3v) is 5.92. The van der Waals surface area contributed by atoms with Crippen molar-refractivity contribution >= 4 is 62.5 Å². The molecule has 0 unspecified atom stereocenters. The van der Waals surface area contributed by atoms with Gasteiger partial charge in [-0.3, -0.25) is 19.3 Å². The first-order valence-electron chi connectivity index (χ1n) is 9.45. The van der Waals surface area contributed by atoms with Gasteiger partial charge in [0.1, 0.15) is 19.0 Å². The highest BCUT2D eigenvalue weighted by Crippen LogP contribution is 2.38. The highest BCUT2D eigenvalue weighted by Gasteiger charge is 2.36. The van der Waals surface area contributed by atoms with Gasteiger partial charge in [0, 0.05) is 0 Å². The maximum Gasteiger partial charge on any atom is 0.326 e. The lowest BCUT2D eigenvalue weighted by Crippen LogP contribution is -2.35. The van der Waals surface area contributed by atoms with Crippen LogP contribution in [0.2, 0.25) is 5.02 Å². The van der Waals surface area contributed by atoms with Crippen LogP contribution < -0.4 is 4.74 Å². The minimum Gasteiger partial charge on any atom is -0.486 e. The Kier molecular flexibility index (Phi) is 7.97. The predicted octanol–water partition coefficient (Wildman–Crippen LogP) is 5.81. The second-order valence-corrected chi connectivity index (χ2v) is 9.29. The Labute approximate surface area is 201 Å². The van der Waals surface area contributed by atoms with Crippen LogP contribution in [0.5, 0.6) is 5.75 Å². The van der Waals surface area contributed by atoms with E-state index in [0.29, 0.717) is 15.8 Å². The van der Waals surface area contributed by atoms with E-state index in [1.807, 2.05) is 0 Å². The van der Waals surface area contributed by atoms with E-state index < -0.39 is 23.7 Å². The van der Waals surface area contributed by atoms with Crippen LogP contribution in [-0.2, 0) is 20.9 Å². The van der Waals surface area contributed by atoms with Gasteiger partial charge in [0.25, 0.3) is 11.1 Å². The molecular weight excluding hydrogens is 525 g/mol. The van der Waals surface area contributed by atoms with E-state index in [1.54, 1.807) is 38.1 Å². The molecule has 10 heteroatoms. The maximum atomic E-state index is 13.0. The van der Waals surface area contributed by atoms with E-state index in [9.17, 15) is 18.8 Å². The molecule has 0 spiro atoms. The van der Waals surface area contributed by atoms with Gasteiger partial charge in [0.15, 0.2) is 5.75 Å². The quantitative estimate of drug-likeness (QED) is 0.325. The molecule has 3 rings (SSSR count). The van der Waals surface area contributed by atoms with E-state index in [1.165, 1.54) is 18.2 Å². The number of amides is 2. The fourth-order valence-electron chi connectivity index (χ4n) is 2.75. The van der Waals surface area contributed by atoms with Crippen LogP contribution in [0.3, 0.4) is 0 Å². The molecule has 0 radical (unpaired) electrons. The smallest absolute Gasteiger partial charge is 0.326 e. The van der Waals surface area contributed by atoms with E-state index >= 15 is 0 Å². The molecule has 1 aliphatic rings. The van der Waals surface area contributed by atoms with Crippen molar-refractivity contribution in [3.8, 4) is 5.75 Å². The number of esters is 1. The van der Waals surface area contributed by atoms with Gasteiger partial charge in [-0.25, -0.2) is 4.39 Å². The summed E-state index contributed by atoms with van der Waals surface area (Å²) < 4.78 is 24.3. The summed E-state index contributed by atoms with van der Waals surface area (Å²) in [6.07, 6.45) is 1.17. The first kappa shape index (κ1) is 24.3. The Morgan fingerprint density at radius 2 is 1.94 bits per heavy atom. The van der Waals surface area contributed by atoms with Crippen molar-refractivity contribution in [2.45, 2.75) is 26.6 Å². The fourth-order valence-corrected chi connectivity index (χ4v) is 4.58. The first-order chi connectivity index (χ1) is 15.1. The summed E-state index contributed by atoms with van der Waals surface area (Å²) in [5, 5.41) is -0.265. The number of carbonyl (C=O) groups is 3. The van der Waals surface area contributed by atoms with Crippen molar-refractivity contribution in [2.75, 3.05) is 6.54 Å². The molecule has 1 saturated heterocycles. The number of nitrogens with zero attached hydrogens (tertiary/aromatic N) is 1. The molecule has 0 bridgehead atoms. The second-order valence-electron chi connectivity index (χ2n) is 7.04. The number of rotatable bonds is 7. The topological polar surface area (TPSA) is 72.9 Å². The van der Waals surface area contributed by atoms with Crippen LogP contribution in [0.1, 0.15) is 25.0 Å². The molecule has 0 atom stereocenters. The van der Waals surface area contributed by atoms with Crippen LogP contribution in [0.4, 0.5) is 9.18 Å². The van der Waals surface area contributed by atoms with Gasteiger partial charge in [-0.1, -0.05) is 23.7 Å². The number of halogens is 3. The molecule has 168 valence electrons. The van der Waals surface area contributed by atoms with Crippen molar-refractivity contribution in [1.29, 1.82) is 0 Å². The van der Waals surface area contributed by atoms with Gasteiger partial charge in [0.05, 0.1) is 20.5 Å². The molecule has 0 aliphatic carbocycles. The molecule has 32 heavy (non-hydrogen) atoms. The van der Waals surface area contributed by atoms with Gasteiger partial charge in [0.2, 0.25) is 0 Å². The van der Waals surface area contributed by atoms with Gasteiger partial charge in [-0.05, 0) is 83.0 Å². The van der Waals surface area contributed by atoms with Gasteiger partial charge >= 0.3 is 5.97 Å². The average molecular weight is 543 g/mol. The van der Waals surface area contributed by atoms with Crippen LogP contribution in [-0.4, -0.2) is 34.7 Å². The van der Waals surface area contributed by atoms with Crippen LogP contribution in [0, 0.1) is 5.82 Å². The minimum absolute atomic E-state index is 0.162. The maximum absolute atomic E-state index is 13.0. The zero-order valence-electron chi connectivity index (χ0n) is 17.1. The number of hydrogen-bond donors (Lipinski definition) is 0. The summed E-state index contributed by atoms with van der Waals surface area (Å²) in [6.45, 7) is 3.10. The molecule has 1 heterocycles. The molecule has 6 nitrogen and oxygen atoms in total. The molecular formula is C22H18BrClFNO5S. The lowest BCUT2D eigenvalue weighted by molar-refractivity contribution is -0.149. The molecule has 0 saturated carbocycles. The van der Waals surface area contributed by atoms with Crippen LogP contribution in [0.15, 0.2) is 45.8 Å². The number of ether oxygens (including phenoxy) is 2. The Bertz CT molecular complexity index is 1070. The zero-order chi connectivity index (χ0) is 23.4. The van der Waals surface area contributed by atoms with Gasteiger partial charge < -0.3 is 9.47 Å². The van der Waals surface area contributed by atoms with E-state index in [-0.39, 0.29) is 28.5 Å². The molecule has 0 N–H and O–H groups in total. The molecule has 1 fully saturated rings. The van der Waals surface area contributed by atoms with Gasteiger partial charge in [-0.2, -0.15) is 0 Å². The van der Waals surface area contributed by atoms with Crippen molar-refractivity contribution < 1.29 is 28.2 Å². The molecule has 2 amide bonds. The molecule has 0 aromatic heterocycles. The van der Waals surface area contributed by atoms with Crippen molar-refractivity contribution in [1.82, 2.24) is 4.90 Å². The largest absolute Gasteiger partial charge is 0.486 e. The zero-order valence-corrected chi connectivity index (χ0v) is 20.2. The minimum atomic E-state index is -0.656. The summed E-state index contributed by atoms with van der Waals surface area (Å²) >= 11 is 10.5. The molecule has 1 aliphatic heterocycles. The monoisotopic (exact) mass is 541 g/mol. The molecule has 2 aromatic carbocycles. The number of thioether (sulfide) groups is 1. The van der Waals surface area contributed by atoms with Crippen molar-refractivity contribution in [3.05, 3.63) is 67.7 Å². The summed E-state index contributed by atoms with van der Waals surface area (Å²) in [5.41, 5.74) is 1.33. The Morgan fingerprint density at radius 1 is 1.25 bits per heavy atom. The highest BCUT2D eigenvalue weighted by molar-refractivity contribution is 9.10. The predicted molar refractivity (Wildman–Crippen MR) is 124 cm³/mol. The third-order valence-electron chi connectivity index (χ3n) is 4.14. The second kappa shape index (κ2) is 10.5. The number of benzene rings is 2. The lowest BCUT2D eigenvalue weighted by atomic mass is 10.2. The lowest BCUT2D eigenvalue weighted by Gasteiger charge is -2.13. The number of imide groups is 1. The van der Waals surface area contributed by atoms with Gasteiger partial charge in [-0.15, -0.1) is 0 Å². The first-order valence-corrected chi connectivity index (χ1v) is 11.4. The van der Waals surface area contributed by atoms with E-state index in [0.717, 1.165) is 22.2 Å². The van der Waals surface area contributed by atoms with Crippen LogP contribution >= 0.6 is 39.3 Å². The molecule has 2 aromatic rings. The Balaban J connectivity index is 1.73. The standard InChI is InChI=1S/C22H18BrClFNO5S/c1-12(2)31-19(27)10-26-21(28)18(32-22(26)29)9-14-7-16(23)20(17(24)8-14)30-11-13-3-5-15(25)6-4-13/h3-9,12H,10-11H2,1-2H3/b18-9+. The highest BCUT2D eigenvalue weighted by atomic mass is 79.9. The summed E-state index contributed by atoms with van der Waals surface area (Å²) in [6, 6.07) is 9.18. The van der Waals surface area contributed by atoms with Crippen molar-refractivity contribution in [2.24, 2.45) is 0 Å². The van der Waals surface area contributed by atoms with Crippen LogP contribution in [0.25, 0.3) is 6.08 Å². The normalized spacial score (nSPS) is 15.1. The fraction of sp³-hybridized carbons (Fsp3) is 0.227. The average Bonchev–Trinajstić information content (AvgIpc) is 2.95. The van der Waals surface area contributed by atoms with E-state index in [2.05, 4.69) is 15.9 Å². The summed E-state index contributed by atoms with van der Waals surface area (Å²) in [4.78, 5) is 37.6. The SMILES string of the molecule is CC(C)OC(=O)CN1C(=O)S/C(=C/c2cc(Cl)c(OCc3ccc(F)cc3)c(Br)c2)C1=O. The number of hydrogen-bond acceptors (Lipinski definition) is 6. The Morgan fingerprint density at radius 3 is 2.56 bits per heavy atom. The van der Waals surface area contributed by atoms with Crippen molar-refractivity contribution in [3.63, 3.8) is 0 Å². The van der Waals surface area contributed by atoms with E-state index in [4.69, 9.17) is 21.1 Å². The number of carbonyl (C=O) groups excluding carboxylic acids is 3. The summed E-state index contributed by atoms with van der Waals surface area (Å²) in [5.74, 6) is -1.18. The summed E-state index contributed by atoms with van der Waals surface area (Å²) in [7, 11) is 0. The Hall–Kier alpha value is -2.36.